The van der Waals surface area contributed by atoms with Crippen LogP contribution in [0.4, 0.5) is 0 Å². The maximum atomic E-state index is 12.0. The average Bonchev–Trinajstić information content (AvgIpc) is 2.84. The Kier molecular flexibility index (Phi) is 3.45. The molecule has 5 nitrogen and oxygen atoms in total. The zero-order chi connectivity index (χ0) is 14.5. The minimum absolute atomic E-state index is 0.0213. The summed E-state index contributed by atoms with van der Waals surface area (Å²) < 4.78 is 48.8. The van der Waals surface area contributed by atoms with Crippen LogP contribution in [0.5, 0.6) is 0 Å². The van der Waals surface area contributed by atoms with Crippen molar-refractivity contribution in [2.45, 2.75) is 36.1 Å². The van der Waals surface area contributed by atoms with Crippen molar-refractivity contribution in [1.29, 1.82) is 0 Å². The van der Waals surface area contributed by atoms with E-state index in [4.69, 9.17) is 10.7 Å². The molecule has 1 aromatic rings. The fourth-order valence-corrected chi connectivity index (χ4v) is 3.88. The fourth-order valence-electron chi connectivity index (χ4n) is 1.71. The van der Waals surface area contributed by atoms with Gasteiger partial charge in [0, 0.05) is 16.7 Å². The van der Waals surface area contributed by atoms with E-state index in [9.17, 15) is 16.8 Å². The van der Waals surface area contributed by atoms with E-state index in [1.807, 2.05) is 13.8 Å². The minimum Gasteiger partial charge on any atom is -0.208 e. The lowest BCUT2D eigenvalue weighted by molar-refractivity contribution is 0.555. The van der Waals surface area contributed by atoms with Gasteiger partial charge in [-0.1, -0.05) is 13.8 Å². The zero-order valence-electron chi connectivity index (χ0n) is 10.4. The maximum absolute atomic E-state index is 12.0. The van der Waals surface area contributed by atoms with Crippen molar-refractivity contribution in [2.75, 3.05) is 0 Å². The molecule has 1 saturated carbocycles. The van der Waals surface area contributed by atoms with Crippen LogP contribution in [-0.2, 0) is 19.1 Å². The first-order valence-electron chi connectivity index (χ1n) is 5.59. The lowest BCUT2D eigenvalue weighted by Gasteiger charge is -2.08. The highest BCUT2D eigenvalue weighted by Gasteiger charge is 2.47. The Morgan fingerprint density at radius 2 is 1.53 bits per heavy atom. The first kappa shape index (κ1) is 14.8. The van der Waals surface area contributed by atoms with E-state index in [0.717, 1.165) is 6.42 Å². The minimum atomic E-state index is -3.84. The van der Waals surface area contributed by atoms with Crippen molar-refractivity contribution >= 4 is 29.8 Å². The summed E-state index contributed by atoms with van der Waals surface area (Å²) in [4.78, 5) is -0.0980. The molecule has 1 fully saturated rings. The Bertz CT molecular complexity index is 693. The van der Waals surface area contributed by atoms with E-state index in [-0.39, 0.29) is 21.2 Å². The quantitative estimate of drug-likeness (QED) is 0.855. The van der Waals surface area contributed by atoms with Gasteiger partial charge in [-0.05, 0) is 36.1 Å². The van der Waals surface area contributed by atoms with Gasteiger partial charge in [0.2, 0.25) is 10.0 Å². The first-order chi connectivity index (χ1) is 8.52. The van der Waals surface area contributed by atoms with Crippen molar-refractivity contribution in [1.82, 2.24) is 4.72 Å². The summed E-state index contributed by atoms with van der Waals surface area (Å²) in [5.41, 5.74) is -0.0213. The van der Waals surface area contributed by atoms with Crippen molar-refractivity contribution in [3.8, 4) is 0 Å². The van der Waals surface area contributed by atoms with Gasteiger partial charge in [0.1, 0.15) is 0 Å². The van der Waals surface area contributed by atoms with Crippen LogP contribution in [-0.4, -0.2) is 22.9 Å². The number of halogens is 1. The molecule has 0 saturated heterocycles. The summed E-state index contributed by atoms with van der Waals surface area (Å²) in [6.45, 7) is 3.95. The SMILES string of the molecule is CC1(C)CC1NS(=O)(=O)c1ccc(S(=O)(=O)Cl)cc1. The molecule has 8 heteroatoms. The number of sulfonamides is 1. The Morgan fingerprint density at radius 3 is 1.89 bits per heavy atom. The van der Waals surface area contributed by atoms with E-state index < -0.39 is 19.1 Å². The predicted octanol–water partition coefficient (Wildman–Crippen LogP) is 1.69. The smallest absolute Gasteiger partial charge is 0.208 e. The molecule has 0 radical (unpaired) electrons. The van der Waals surface area contributed by atoms with Crippen LogP contribution in [0.1, 0.15) is 20.3 Å². The van der Waals surface area contributed by atoms with Gasteiger partial charge >= 0.3 is 0 Å². The molecule has 0 amide bonds. The van der Waals surface area contributed by atoms with Gasteiger partial charge in [0.05, 0.1) is 9.79 Å². The van der Waals surface area contributed by atoms with Crippen LogP contribution in [0.25, 0.3) is 0 Å². The van der Waals surface area contributed by atoms with Crippen molar-refractivity contribution in [2.24, 2.45) is 5.41 Å². The topological polar surface area (TPSA) is 80.3 Å². The third-order valence-electron chi connectivity index (χ3n) is 3.23. The van der Waals surface area contributed by atoms with Gasteiger partial charge in [0.25, 0.3) is 9.05 Å². The number of hydrogen-bond donors (Lipinski definition) is 1. The zero-order valence-corrected chi connectivity index (χ0v) is 12.8. The maximum Gasteiger partial charge on any atom is 0.261 e. The van der Waals surface area contributed by atoms with Gasteiger partial charge in [-0.15, -0.1) is 0 Å². The molecule has 0 aliphatic heterocycles. The summed E-state index contributed by atoms with van der Waals surface area (Å²) in [5.74, 6) is 0. The Labute approximate surface area is 117 Å². The van der Waals surface area contributed by atoms with E-state index in [0.29, 0.717) is 0 Å². The molecular weight excluding hydrogens is 310 g/mol. The van der Waals surface area contributed by atoms with Gasteiger partial charge in [-0.3, -0.25) is 0 Å². The first-order valence-corrected chi connectivity index (χ1v) is 9.39. The van der Waals surface area contributed by atoms with Crippen LogP contribution in [0.3, 0.4) is 0 Å². The van der Waals surface area contributed by atoms with Crippen molar-refractivity contribution in [3.63, 3.8) is 0 Å². The van der Waals surface area contributed by atoms with Gasteiger partial charge in [-0.25, -0.2) is 21.6 Å². The highest BCUT2D eigenvalue weighted by Crippen LogP contribution is 2.45. The van der Waals surface area contributed by atoms with E-state index in [1.165, 1.54) is 24.3 Å². The number of nitrogens with one attached hydrogen (secondary N) is 1. The second-order valence-electron chi connectivity index (χ2n) is 5.28. The summed E-state index contributed by atoms with van der Waals surface area (Å²) >= 11 is 0. The van der Waals surface area contributed by atoms with Crippen LogP contribution in [0.15, 0.2) is 34.1 Å². The summed E-state index contributed by atoms with van der Waals surface area (Å²) in [7, 11) is -2.29. The Morgan fingerprint density at radius 1 is 1.11 bits per heavy atom. The molecule has 1 N–H and O–H groups in total. The molecule has 1 atom stereocenters. The summed E-state index contributed by atoms with van der Waals surface area (Å²) in [5, 5.41) is 0. The normalized spacial score (nSPS) is 22.2. The largest absolute Gasteiger partial charge is 0.261 e. The molecule has 1 unspecified atom stereocenters. The van der Waals surface area contributed by atoms with E-state index in [2.05, 4.69) is 4.72 Å². The summed E-state index contributed by atoms with van der Waals surface area (Å²) in [6, 6.07) is 4.73. The third-order valence-corrected chi connectivity index (χ3v) is 6.08. The fraction of sp³-hybridized carbons (Fsp3) is 0.455. The highest BCUT2D eigenvalue weighted by molar-refractivity contribution is 8.13. The predicted molar refractivity (Wildman–Crippen MR) is 72.0 cm³/mol. The number of benzene rings is 1. The molecule has 106 valence electrons. The Balaban J connectivity index is 2.23. The molecule has 19 heavy (non-hydrogen) atoms. The molecule has 1 aromatic carbocycles. The van der Waals surface area contributed by atoms with Crippen LogP contribution in [0.2, 0.25) is 0 Å². The second kappa shape index (κ2) is 4.44. The van der Waals surface area contributed by atoms with Crippen LogP contribution < -0.4 is 4.72 Å². The van der Waals surface area contributed by atoms with Gasteiger partial charge in [0.15, 0.2) is 0 Å². The summed E-state index contributed by atoms with van der Waals surface area (Å²) in [6.07, 6.45) is 0.792. The molecule has 0 bridgehead atoms. The third kappa shape index (κ3) is 3.28. The standard InChI is InChI=1S/C11H14ClNO4S2/c1-11(2)7-10(11)13-19(16,17)9-5-3-8(4-6-9)18(12,14)15/h3-6,10,13H,7H2,1-2H3. The molecular formula is C11H14ClNO4S2. The van der Waals surface area contributed by atoms with Gasteiger partial charge < -0.3 is 0 Å². The molecule has 2 rings (SSSR count). The molecule has 0 spiro atoms. The number of hydrogen-bond acceptors (Lipinski definition) is 4. The monoisotopic (exact) mass is 323 g/mol. The van der Waals surface area contributed by atoms with Crippen molar-refractivity contribution < 1.29 is 16.8 Å². The van der Waals surface area contributed by atoms with Crippen LogP contribution in [0, 0.1) is 5.41 Å². The Hall–Kier alpha value is -0.630. The van der Waals surface area contributed by atoms with Crippen molar-refractivity contribution in [3.05, 3.63) is 24.3 Å². The lowest BCUT2D eigenvalue weighted by atomic mass is 10.2. The molecule has 1 aliphatic rings. The van der Waals surface area contributed by atoms with E-state index >= 15 is 0 Å². The second-order valence-corrected chi connectivity index (χ2v) is 9.56. The highest BCUT2D eigenvalue weighted by atomic mass is 35.7. The molecule has 1 aliphatic carbocycles. The van der Waals surface area contributed by atoms with Crippen LogP contribution >= 0.6 is 10.7 Å². The van der Waals surface area contributed by atoms with E-state index in [1.54, 1.807) is 0 Å². The van der Waals surface area contributed by atoms with Gasteiger partial charge in [-0.2, -0.15) is 0 Å². The molecule has 0 aromatic heterocycles. The lowest BCUT2D eigenvalue weighted by Crippen LogP contribution is -2.28. The average molecular weight is 324 g/mol. The number of rotatable bonds is 4. The molecule has 0 heterocycles.